The molecule has 3 aromatic heterocycles. The van der Waals surface area contributed by atoms with E-state index in [4.69, 9.17) is 13.8 Å². The lowest BCUT2D eigenvalue weighted by atomic mass is 10.1. The minimum atomic E-state index is -0.110. The molecule has 6 rings (SSSR count). The fourth-order valence-electron chi connectivity index (χ4n) is 4.33. The molecular formula is C29H23N5O4. The van der Waals surface area contributed by atoms with Crippen molar-refractivity contribution in [2.45, 2.75) is 27.0 Å². The molecule has 0 N–H and O–H groups in total. The number of fused-ring (bicyclic) bond motifs is 1. The molecule has 3 heterocycles. The minimum Gasteiger partial charge on any atom is -0.487 e. The van der Waals surface area contributed by atoms with Gasteiger partial charge in [-0.3, -0.25) is 4.79 Å². The van der Waals surface area contributed by atoms with Crippen molar-refractivity contribution in [3.05, 3.63) is 112 Å². The van der Waals surface area contributed by atoms with Crippen LogP contribution in [-0.2, 0) is 13.2 Å². The average molecular weight is 506 g/mol. The standard InChI is InChI=1S/C29H23N5O4/c1-18-30-28(32-37-18)23-11-9-20(10-12-23)16-34-26(35)14-13-22-6-4-8-25(27(22)34)36-17-21-5-3-7-24(15-21)29-31-19(2)38-33-29/h3-15H,16-17H2,1-2H3. The highest BCUT2D eigenvalue weighted by Crippen LogP contribution is 2.27. The van der Waals surface area contributed by atoms with Crippen molar-refractivity contribution in [2.24, 2.45) is 0 Å². The third-order valence-electron chi connectivity index (χ3n) is 6.16. The average Bonchev–Trinajstić information content (AvgIpc) is 3.58. The van der Waals surface area contributed by atoms with Crippen LogP contribution in [0.3, 0.4) is 0 Å². The smallest absolute Gasteiger partial charge is 0.251 e. The highest BCUT2D eigenvalue weighted by Gasteiger charge is 2.12. The number of pyridine rings is 1. The monoisotopic (exact) mass is 505 g/mol. The highest BCUT2D eigenvalue weighted by atomic mass is 16.5. The molecule has 9 heteroatoms. The second-order valence-electron chi connectivity index (χ2n) is 8.91. The number of hydrogen-bond acceptors (Lipinski definition) is 8. The highest BCUT2D eigenvalue weighted by molar-refractivity contribution is 5.85. The summed E-state index contributed by atoms with van der Waals surface area (Å²) in [6, 6.07) is 24.7. The van der Waals surface area contributed by atoms with Crippen molar-refractivity contribution in [3.8, 4) is 28.5 Å². The fraction of sp³-hybridized carbons (Fsp3) is 0.138. The lowest BCUT2D eigenvalue weighted by Crippen LogP contribution is -2.20. The summed E-state index contributed by atoms with van der Waals surface area (Å²) in [4.78, 5) is 21.6. The molecule has 0 bridgehead atoms. The maximum atomic E-state index is 13.0. The van der Waals surface area contributed by atoms with Gasteiger partial charge >= 0.3 is 0 Å². The minimum absolute atomic E-state index is 0.110. The van der Waals surface area contributed by atoms with Gasteiger partial charge in [0, 0.05) is 36.4 Å². The van der Waals surface area contributed by atoms with E-state index in [1.54, 1.807) is 24.5 Å². The molecule has 0 saturated heterocycles. The van der Waals surface area contributed by atoms with Crippen LogP contribution in [0.1, 0.15) is 22.9 Å². The molecule has 6 aromatic rings. The molecule has 3 aromatic carbocycles. The first-order valence-electron chi connectivity index (χ1n) is 12.1. The molecule has 0 spiro atoms. The lowest BCUT2D eigenvalue weighted by Gasteiger charge is -2.15. The summed E-state index contributed by atoms with van der Waals surface area (Å²) in [5, 5.41) is 8.87. The number of rotatable bonds is 7. The van der Waals surface area contributed by atoms with E-state index >= 15 is 0 Å². The van der Waals surface area contributed by atoms with Crippen LogP contribution in [0.15, 0.2) is 92.7 Å². The SMILES string of the molecule is Cc1nc(-c2ccc(Cn3c(=O)ccc4cccc(OCc5cccc(-c6noc(C)n6)c5)c43)cc2)no1. The molecule has 38 heavy (non-hydrogen) atoms. The zero-order valence-corrected chi connectivity index (χ0v) is 20.8. The molecule has 188 valence electrons. The second kappa shape index (κ2) is 9.78. The Hall–Kier alpha value is -5.05. The third-order valence-corrected chi connectivity index (χ3v) is 6.16. The number of para-hydroxylation sites is 1. The summed E-state index contributed by atoms with van der Waals surface area (Å²) >= 11 is 0. The number of hydrogen-bond donors (Lipinski definition) is 0. The van der Waals surface area contributed by atoms with Crippen molar-refractivity contribution in [2.75, 3.05) is 0 Å². The summed E-state index contributed by atoms with van der Waals surface area (Å²) in [5.74, 6) is 2.71. The third kappa shape index (κ3) is 4.69. The van der Waals surface area contributed by atoms with Crippen molar-refractivity contribution < 1.29 is 13.8 Å². The quantitative estimate of drug-likeness (QED) is 0.286. The van der Waals surface area contributed by atoms with E-state index in [2.05, 4.69) is 20.3 Å². The van der Waals surface area contributed by atoms with Gasteiger partial charge in [-0.25, -0.2) is 0 Å². The molecule has 0 aliphatic rings. The molecule has 0 radical (unpaired) electrons. The Morgan fingerprint density at radius 1 is 0.763 bits per heavy atom. The van der Waals surface area contributed by atoms with E-state index in [9.17, 15) is 4.79 Å². The van der Waals surface area contributed by atoms with Crippen LogP contribution in [0.4, 0.5) is 0 Å². The first-order valence-corrected chi connectivity index (χ1v) is 12.1. The maximum Gasteiger partial charge on any atom is 0.251 e. The number of ether oxygens (including phenoxy) is 1. The first-order chi connectivity index (χ1) is 18.5. The maximum absolute atomic E-state index is 13.0. The normalized spacial score (nSPS) is 11.2. The number of aryl methyl sites for hydroxylation is 2. The van der Waals surface area contributed by atoms with Crippen LogP contribution in [0.5, 0.6) is 5.75 Å². The van der Waals surface area contributed by atoms with E-state index in [1.807, 2.05) is 72.8 Å². The summed E-state index contributed by atoms with van der Waals surface area (Å²) in [6.07, 6.45) is 0. The van der Waals surface area contributed by atoms with Crippen LogP contribution < -0.4 is 10.3 Å². The van der Waals surface area contributed by atoms with Crippen molar-refractivity contribution in [1.82, 2.24) is 24.8 Å². The van der Waals surface area contributed by atoms with Crippen LogP contribution in [0.25, 0.3) is 33.7 Å². The summed E-state index contributed by atoms with van der Waals surface area (Å²) in [5.41, 5.74) is 4.22. The molecular weight excluding hydrogens is 482 g/mol. The van der Waals surface area contributed by atoms with Crippen LogP contribution in [-0.4, -0.2) is 24.8 Å². The fourth-order valence-corrected chi connectivity index (χ4v) is 4.33. The van der Waals surface area contributed by atoms with E-state index in [-0.39, 0.29) is 5.56 Å². The van der Waals surface area contributed by atoms with Gasteiger partial charge in [0.15, 0.2) is 0 Å². The first kappa shape index (κ1) is 23.4. The molecule has 0 unspecified atom stereocenters. The number of aromatic nitrogens is 5. The van der Waals surface area contributed by atoms with Gasteiger partial charge < -0.3 is 18.4 Å². The summed E-state index contributed by atoms with van der Waals surface area (Å²) in [7, 11) is 0. The topological polar surface area (TPSA) is 109 Å². The van der Waals surface area contributed by atoms with E-state index in [0.717, 1.165) is 33.2 Å². The van der Waals surface area contributed by atoms with Gasteiger partial charge in [-0.1, -0.05) is 64.9 Å². The van der Waals surface area contributed by atoms with Crippen molar-refractivity contribution in [3.63, 3.8) is 0 Å². The van der Waals surface area contributed by atoms with E-state index in [0.29, 0.717) is 42.3 Å². The lowest BCUT2D eigenvalue weighted by molar-refractivity contribution is 0.308. The van der Waals surface area contributed by atoms with E-state index < -0.39 is 0 Å². The van der Waals surface area contributed by atoms with Gasteiger partial charge in [-0.2, -0.15) is 9.97 Å². The van der Waals surface area contributed by atoms with Gasteiger partial charge in [0.05, 0.1) is 12.1 Å². The molecule has 0 saturated carbocycles. The Labute approximate surface area is 217 Å². The molecule has 9 nitrogen and oxygen atoms in total. The Balaban J connectivity index is 1.29. The molecule has 0 aliphatic heterocycles. The predicted octanol–water partition coefficient (Wildman–Crippen LogP) is 5.35. The zero-order chi connectivity index (χ0) is 26.1. The van der Waals surface area contributed by atoms with Crippen molar-refractivity contribution in [1.29, 1.82) is 0 Å². The largest absolute Gasteiger partial charge is 0.487 e. The molecule has 0 atom stereocenters. The number of nitrogens with zero attached hydrogens (tertiary/aromatic N) is 5. The number of benzene rings is 3. The van der Waals surface area contributed by atoms with Gasteiger partial charge in [0.2, 0.25) is 23.4 Å². The van der Waals surface area contributed by atoms with Crippen LogP contribution in [0, 0.1) is 13.8 Å². The Kier molecular flexibility index (Phi) is 6.01. The predicted molar refractivity (Wildman–Crippen MR) is 141 cm³/mol. The Morgan fingerprint density at radius 2 is 1.47 bits per heavy atom. The van der Waals surface area contributed by atoms with Gasteiger partial charge in [-0.05, 0) is 29.3 Å². The molecule has 0 amide bonds. The Bertz CT molecular complexity index is 1800. The van der Waals surface area contributed by atoms with Gasteiger partial charge in [-0.15, -0.1) is 0 Å². The van der Waals surface area contributed by atoms with Crippen LogP contribution in [0.2, 0.25) is 0 Å². The van der Waals surface area contributed by atoms with E-state index in [1.165, 1.54) is 0 Å². The second-order valence-corrected chi connectivity index (χ2v) is 8.91. The summed E-state index contributed by atoms with van der Waals surface area (Å²) in [6.45, 7) is 4.20. The van der Waals surface area contributed by atoms with Gasteiger partial charge in [0.25, 0.3) is 5.56 Å². The van der Waals surface area contributed by atoms with Gasteiger partial charge in [0.1, 0.15) is 12.4 Å². The molecule has 0 fully saturated rings. The zero-order valence-electron chi connectivity index (χ0n) is 20.8. The van der Waals surface area contributed by atoms with Crippen molar-refractivity contribution >= 4 is 10.9 Å². The summed E-state index contributed by atoms with van der Waals surface area (Å²) < 4.78 is 18.2. The Morgan fingerprint density at radius 3 is 2.18 bits per heavy atom. The molecule has 0 aliphatic carbocycles. The van der Waals surface area contributed by atoms with Crippen LogP contribution >= 0.6 is 0 Å².